The van der Waals surface area contributed by atoms with Crippen LogP contribution in [0.15, 0.2) is 36.4 Å². The summed E-state index contributed by atoms with van der Waals surface area (Å²) < 4.78 is 17.3. The van der Waals surface area contributed by atoms with Gasteiger partial charge in [0.05, 0.1) is 13.2 Å². The molecule has 2 aromatic carbocycles. The zero-order valence-corrected chi connectivity index (χ0v) is 18.2. The van der Waals surface area contributed by atoms with Crippen molar-refractivity contribution in [3.8, 4) is 17.2 Å². The Kier molecular flexibility index (Phi) is 6.06. The minimum atomic E-state index is -0.389. The first-order chi connectivity index (χ1) is 13.7. The third kappa shape index (κ3) is 5.03. The summed E-state index contributed by atoms with van der Waals surface area (Å²) in [7, 11) is 1.63. The molecule has 0 fully saturated rings. The van der Waals surface area contributed by atoms with Gasteiger partial charge in [-0.1, -0.05) is 26.0 Å². The van der Waals surface area contributed by atoms with Gasteiger partial charge in [0.15, 0.2) is 6.61 Å². The second-order valence-electron chi connectivity index (χ2n) is 8.57. The number of amides is 1. The van der Waals surface area contributed by atoms with Gasteiger partial charge in [-0.25, -0.2) is 0 Å². The fourth-order valence-corrected chi connectivity index (χ4v) is 3.71. The van der Waals surface area contributed by atoms with Crippen molar-refractivity contribution in [1.29, 1.82) is 0 Å². The molecular formula is C24H31NO4. The Hall–Kier alpha value is -2.69. The van der Waals surface area contributed by atoms with E-state index in [4.69, 9.17) is 14.2 Å². The van der Waals surface area contributed by atoms with Gasteiger partial charge in [0.25, 0.3) is 5.91 Å². The average Bonchev–Trinajstić information content (AvgIpc) is 2.64. The van der Waals surface area contributed by atoms with Gasteiger partial charge >= 0.3 is 0 Å². The van der Waals surface area contributed by atoms with Crippen molar-refractivity contribution in [1.82, 2.24) is 5.32 Å². The molecular weight excluding hydrogens is 366 g/mol. The molecule has 1 heterocycles. The molecule has 0 saturated carbocycles. The minimum absolute atomic E-state index is 0.0214. The van der Waals surface area contributed by atoms with Gasteiger partial charge in [-0.05, 0) is 56.0 Å². The molecule has 1 amide bonds. The van der Waals surface area contributed by atoms with E-state index in [1.54, 1.807) is 7.11 Å². The van der Waals surface area contributed by atoms with E-state index in [-0.39, 0.29) is 24.2 Å². The van der Waals surface area contributed by atoms with Crippen LogP contribution in [0.2, 0.25) is 0 Å². The third-order valence-electron chi connectivity index (χ3n) is 5.16. The lowest BCUT2D eigenvalue weighted by molar-refractivity contribution is -0.124. The summed E-state index contributed by atoms with van der Waals surface area (Å²) in [6, 6.07) is 11.7. The van der Waals surface area contributed by atoms with Crippen molar-refractivity contribution in [2.45, 2.75) is 58.6 Å². The van der Waals surface area contributed by atoms with Crippen LogP contribution in [0.5, 0.6) is 17.2 Å². The van der Waals surface area contributed by atoms with Gasteiger partial charge in [0, 0.05) is 18.1 Å². The van der Waals surface area contributed by atoms with Crippen molar-refractivity contribution in [3.63, 3.8) is 0 Å². The number of aryl methyl sites for hydroxylation is 1. The molecule has 3 rings (SSSR count). The highest BCUT2D eigenvalue weighted by Gasteiger charge is 2.34. The van der Waals surface area contributed by atoms with Crippen LogP contribution in [0.25, 0.3) is 0 Å². The molecule has 29 heavy (non-hydrogen) atoms. The Morgan fingerprint density at radius 1 is 1.24 bits per heavy atom. The molecule has 0 aliphatic carbocycles. The number of rotatable bonds is 6. The molecule has 0 spiro atoms. The van der Waals surface area contributed by atoms with Crippen LogP contribution in [-0.4, -0.2) is 25.2 Å². The van der Waals surface area contributed by atoms with E-state index in [1.807, 2.05) is 45.0 Å². The van der Waals surface area contributed by atoms with Gasteiger partial charge < -0.3 is 19.5 Å². The highest BCUT2D eigenvalue weighted by Crippen LogP contribution is 2.41. The highest BCUT2D eigenvalue weighted by atomic mass is 16.5. The molecule has 5 nitrogen and oxygen atoms in total. The lowest BCUT2D eigenvalue weighted by Crippen LogP contribution is -2.42. The van der Waals surface area contributed by atoms with Crippen LogP contribution < -0.4 is 19.5 Å². The van der Waals surface area contributed by atoms with Crippen LogP contribution in [0.4, 0.5) is 0 Å². The summed E-state index contributed by atoms with van der Waals surface area (Å²) in [5.74, 6) is 2.42. The van der Waals surface area contributed by atoms with Gasteiger partial charge in [-0.3, -0.25) is 4.79 Å². The summed E-state index contributed by atoms with van der Waals surface area (Å²) in [6.07, 6.45) is 0.680. The fourth-order valence-electron chi connectivity index (χ4n) is 3.71. The van der Waals surface area contributed by atoms with Crippen LogP contribution in [0, 0.1) is 6.92 Å². The number of ether oxygens (including phenoxy) is 3. The normalized spacial score (nSPS) is 17.3. The monoisotopic (exact) mass is 397 g/mol. The number of carbonyl (C=O) groups excluding carboxylic acids is 1. The Bertz CT molecular complexity index is 888. The average molecular weight is 398 g/mol. The minimum Gasteiger partial charge on any atom is -0.497 e. The number of nitrogens with one attached hydrogen (secondary N) is 1. The molecule has 2 aromatic rings. The maximum atomic E-state index is 12.7. The van der Waals surface area contributed by atoms with Gasteiger partial charge in [-0.2, -0.15) is 0 Å². The summed E-state index contributed by atoms with van der Waals surface area (Å²) >= 11 is 0. The molecule has 0 aromatic heterocycles. The molecule has 1 atom stereocenters. The maximum absolute atomic E-state index is 12.7. The summed E-state index contributed by atoms with van der Waals surface area (Å²) in [6.45, 7) is 10.3. The van der Waals surface area contributed by atoms with Gasteiger partial charge in [0.2, 0.25) is 0 Å². The van der Waals surface area contributed by atoms with E-state index < -0.39 is 0 Å². The van der Waals surface area contributed by atoms with Crippen molar-refractivity contribution in [2.24, 2.45) is 0 Å². The number of benzene rings is 2. The topological polar surface area (TPSA) is 56.8 Å². The molecule has 0 unspecified atom stereocenters. The fraction of sp³-hybridized carbons (Fsp3) is 0.458. The smallest absolute Gasteiger partial charge is 0.258 e. The molecule has 5 heteroatoms. The lowest BCUT2D eigenvalue weighted by atomic mass is 9.89. The summed E-state index contributed by atoms with van der Waals surface area (Å²) in [4.78, 5) is 12.7. The highest BCUT2D eigenvalue weighted by molar-refractivity contribution is 5.78. The van der Waals surface area contributed by atoms with E-state index in [1.165, 1.54) is 0 Å². The van der Waals surface area contributed by atoms with Crippen LogP contribution in [0.1, 0.15) is 62.8 Å². The SMILES string of the molecule is COc1ccc2c(c1)OC(C)(C)C[C@H]2NC(=O)COc1cc(C)ccc1C(C)C. The molecule has 0 radical (unpaired) electrons. The Morgan fingerprint density at radius 3 is 2.69 bits per heavy atom. The van der Waals surface area contributed by atoms with Gasteiger partial charge in [0.1, 0.15) is 22.8 Å². The Morgan fingerprint density at radius 2 is 2.00 bits per heavy atom. The first-order valence-corrected chi connectivity index (χ1v) is 10.1. The largest absolute Gasteiger partial charge is 0.497 e. The molecule has 0 bridgehead atoms. The van der Waals surface area contributed by atoms with E-state index in [0.29, 0.717) is 12.3 Å². The van der Waals surface area contributed by atoms with Crippen LogP contribution >= 0.6 is 0 Å². The van der Waals surface area contributed by atoms with Crippen molar-refractivity contribution >= 4 is 5.91 Å². The van der Waals surface area contributed by atoms with E-state index in [9.17, 15) is 4.79 Å². The van der Waals surface area contributed by atoms with E-state index in [2.05, 4.69) is 31.3 Å². The zero-order chi connectivity index (χ0) is 21.2. The third-order valence-corrected chi connectivity index (χ3v) is 5.16. The number of methoxy groups -OCH3 is 1. The Balaban J connectivity index is 1.72. The first kappa shape index (κ1) is 21.0. The molecule has 156 valence electrons. The number of hydrogen-bond donors (Lipinski definition) is 1. The Labute approximate surface area is 173 Å². The van der Waals surface area contributed by atoms with Crippen LogP contribution in [0.3, 0.4) is 0 Å². The summed E-state index contributed by atoms with van der Waals surface area (Å²) in [5.41, 5.74) is 2.78. The molecule has 0 saturated heterocycles. The number of fused-ring (bicyclic) bond motifs is 1. The lowest BCUT2D eigenvalue weighted by Gasteiger charge is -2.38. The predicted molar refractivity (Wildman–Crippen MR) is 114 cm³/mol. The maximum Gasteiger partial charge on any atom is 0.258 e. The second-order valence-corrected chi connectivity index (χ2v) is 8.57. The summed E-state index contributed by atoms with van der Waals surface area (Å²) in [5, 5.41) is 3.12. The first-order valence-electron chi connectivity index (χ1n) is 10.1. The van der Waals surface area contributed by atoms with Crippen molar-refractivity contribution in [3.05, 3.63) is 53.1 Å². The van der Waals surface area contributed by atoms with E-state index in [0.717, 1.165) is 33.9 Å². The quantitative estimate of drug-likeness (QED) is 0.751. The number of carbonyl (C=O) groups is 1. The standard InChI is InChI=1S/C24H31NO4/c1-15(2)18-9-7-16(3)11-21(18)28-14-23(26)25-20-13-24(4,5)29-22-12-17(27-6)8-10-19(20)22/h7-12,15,20H,13-14H2,1-6H3,(H,25,26)/t20-/m1/s1. The van der Waals surface area contributed by atoms with Crippen molar-refractivity contribution < 1.29 is 19.0 Å². The zero-order valence-electron chi connectivity index (χ0n) is 18.2. The molecule has 1 N–H and O–H groups in total. The van der Waals surface area contributed by atoms with Crippen LogP contribution in [-0.2, 0) is 4.79 Å². The second kappa shape index (κ2) is 8.36. The van der Waals surface area contributed by atoms with Gasteiger partial charge in [-0.15, -0.1) is 0 Å². The molecule has 1 aliphatic heterocycles. The van der Waals surface area contributed by atoms with E-state index >= 15 is 0 Å². The number of hydrogen-bond acceptors (Lipinski definition) is 4. The van der Waals surface area contributed by atoms with Crippen molar-refractivity contribution in [2.75, 3.05) is 13.7 Å². The predicted octanol–water partition coefficient (Wildman–Crippen LogP) is 4.92. The molecule has 1 aliphatic rings.